The molecule has 0 bridgehead atoms. The summed E-state index contributed by atoms with van der Waals surface area (Å²) in [6.45, 7) is 13.1. The maximum Gasteiger partial charge on any atom is 0 e. The van der Waals surface area contributed by atoms with Gasteiger partial charge >= 0.3 is 0 Å². The molecule has 0 saturated heterocycles. The molecule has 0 aliphatic heterocycles. The molecule has 0 radical (unpaired) electrons. The first-order valence-electron chi connectivity index (χ1n) is 4.63. The van der Waals surface area contributed by atoms with E-state index in [0.29, 0.717) is 0 Å². The van der Waals surface area contributed by atoms with Crippen molar-refractivity contribution in [1.82, 2.24) is 0 Å². The fourth-order valence-electron chi connectivity index (χ4n) is 0.667. The van der Waals surface area contributed by atoms with Crippen LogP contribution in [0, 0.1) is 11.8 Å². The predicted octanol–water partition coefficient (Wildman–Crippen LogP) is 4.10. The van der Waals surface area contributed by atoms with Crippen LogP contribution >= 0.6 is 0 Å². The summed E-state index contributed by atoms with van der Waals surface area (Å²) >= 11 is 0. The van der Waals surface area contributed by atoms with Crippen molar-refractivity contribution in [2.24, 2.45) is 11.8 Å². The van der Waals surface area contributed by atoms with Crippen molar-refractivity contribution in [3.05, 3.63) is 0 Å². The van der Waals surface area contributed by atoms with E-state index in [0.717, 1.165) is 11.8 Å². The Labute approximate surface area is 87.4 Å². The molecule has 0 aliphatic carbocycles. The van der Waals surface area contributed by atoms with Gasteiger partial charge in [-0.1, -0.05) is 54.4 Å². The minimum absolute atomic E-state index is 0. The monoisotopic (exact) mass is 328 g/mol. The Hall–Kier alpha value is 0.688. The zero-order chi connectivity index (χ0) is 8.57. The van der Waals surface area contributed by atoms with Crippen LogP contribution < -0.4 is 0 Å². The third-order valence-corrected chi connectivity index (χ3v) is 1.32. The van der Waals surface area contributed by atoms with Crippen molar-refractivity contribution in [2.75, 3.05) is 0 Å². The van der Waals surface area contributed by atoms with Gasteiger partial charge in [-0.05, 0) is 11.8 Å². The molecule has 0 rings (SSSR count). The van der Waals surface area contributed by atoms with Crippen LogP contribution in [0.2, 0.25) is 0 Å². The summed E-state index contributed by atoms with van der Waals surface area (Å²) in [7, 11) is 0. The predicted molar refractivity (Wildman–Crippen MR) is 50.3 cm³/mol. The second kappa shape index (κ2) is 13.3. The molecule has 70 valence electrons. The Morgan fingerprint density at radius 2 is 0.909 bits per heavy atom. The molecule has 0 heterocycles. The zero-order valence-corrected chi connectivity index (χ0v) is 11.9. The molecule has 0 aromatic rings. The van der Waals surface area contributed by atoms with Gasteiger partial charge in [0.25, 0.3) is 0 Å². The molecule has 0 fully saturated rings. The number of hydrogen-bond acceptors (Lipinski definition) is 0. The number of hydrogen-bond donors (Lipinski definition) is 0. The Morgan fingerprint density at radius 1 is 0.727 bits per heavy atom. The summed E-state index contributed by atoms with van der Waals surface area (Å²) in [5.41, 5.74) is 0. The largest absolute Gasteiger partial charge is 0.0683 e. The number of rotatable bonds is 3. The van der Waals surface area contributed by atoms with E-state index in [4.69, 9.17) is 0 Å². The standard InChI is InChI=1S/C8H18.C2H6.W/c1-7(2)5-6-8(3)4;1-2;/h7-8H,5-6H2,1-4H3;1-2H3;. The van der Waals surface area contributed by atoms with E-state index in [-0.39, 0.29) is 21.1 Å². The maximum absolute atomic E-state index is 2.28. The summed E-state index contributed by atoms with van der Waals surface area (Å²) in [6, 6.07) is 0. The van der Waals surface area contributed by atoms with E-state index in [2.05, 4.69) is 27.7 Å². The van der Waals surface area contributed by atoms with Crippen LogP contribution in [0.15, 0.2) is 0 Å². The first-order chi connectivity index (χ1) is 4.63. The molecule has 11 heavy (non-hydrogen) atoms. The Morgan fingerprint density at radius 3 is 1.00 bits per heavy atom. The van der Waals surface area contributed by atoms with Gasteiger partial charge < -0.3 is 0 Å². The van der Waals surface area contributed by atoms with Crippen molar-refractivity contribution in [3.8, 4) is 0 Å². The fraction of sp³-hybridized carbons (Fsp3) is 1.00. The van der Waals surface area contributed by atoms with E-state index in [1.165, 1.54) is 12.8 Å². The van der Waals surface area contributed by atoms with Crippen molar-refractivity contribution < 1.29 is 21.1 Å². The van der Waals surface area contributed by atoms with Gasteiger partial charge in [-0.25, -0.2) is 0 Å². The average molecular weight is 328 g/mol. The molecule has 0 amide bonds. The van der Waals surface area contributed by atoms with Gasteiger partial charge in [-0.3, -0.25) is 0 Å². The van der Waals surface area contributed by atoms with Gasteiger partial charge in [0.05, 0.1) is 0 Å². The molecular formula is C10H24W. The van der Waals surface area contributed by atoms with Gasteiger partial charge in [0.2, 0.25) is 0 Å². The minimum atomic E-state index is 0. The normalized spacial score (nSPS) is 8.73. The van der Waals surface area contributed by atoms with Crippen LogP contribution in [-0.4, -0.2) is 0 Å². The van der Waals surface area contributed by atoms with E-state index >= 15 is 0 Å². The first kappa shape index (κ1) is 17.7. The van der Waals surface area contributed by atoms with Crippen LogP contribution in [0.4, 0.5) is 0 Å². The van der Waals surface area contributed by atoms with Crippen LogP contribution in [-0.2, 0) is 21.1 Å². The van der Waals surface area contributed by atoms with Gasteiger partial charge in [0.1, 0.15) is 0 Å². The first-order valence-corrected chi connectivity index (χ1v) is 4.63. The van der Waals surface area contributed by atoms with Crippen molar-refractivity contribution in [3.63, 3.8) is 0 Å². The fourth-order valence-corrected chi connectivity index (χ4v) is 0.667. The Kier molecular flexibility index (Phi) is 21.4. The Bertz CT molecular complexity index is 40.8. The molecule has 0 N–H and O–H groups in total. The topological polar surface area (TPSA) is 0 Å². The maximum atomic E-state index is 2.28. The molecule has 1 heteroatoms. The van der Waals surface area contributed by atoms with Gasteiger partial charge in [-0.15, -0.1) is 0 Å². The second-order valence-electron chi connectivity index (χ2n) is 3.37. The van der Waals surface area contributed by atoms with Crippen molar-refractivity contribution >= 4 is 0 Å². The van der Waals surface area contributed by atoms with Gasteiger partial charge in [0.15, 0.2) is 0 Å². The molecule has 0 spiro atoms. The molecule has 0 nitrogen and oxygen atoms in total. The smallest absolute Gasteiger partial charge is 0 e. The second-order valence-corrected chi connectivity index (χ2v) is 3.37. The zero-order valence-electron chi connectivity index (χ0n) is 8.98. The van der Waals surface area contributed by atoms with Crippen molar-refractivity contribution in [1.29, 1.82) is 0 Å². The molecule has 0 atom stereocenters. The van der Waals surface area contributed by atoms with E-state index in [1.54, 1.807) is 0 Å². The Balaban J connectivity index is -0.000000196. The minimum Gasteiger partial charge on any atom is -0.0683 e. The summed E-state index contributed by atoms with van der Waals surface area (Å²) in [6.07, 6.45) is 2.77. The molecule has 0 aliphatic rings. The third kappa shape index (κ3) is 24.9. The van der Waals surface area contributed by atoms with Gasteiger partial charge in [-0.2, -0.15) is 0 Å². The SMILES string of the molecule is CC.CC(C)CCC(C)C.[W]. The van der Waals surface area contributed by atoms with Crippen LogP contribution in [0.3, 0.4) is 0 Å². The van der Waals surface area contributed by atoms with E-state index < -0.39 is 0 Å². The third-order valence-electron chi connectivity index (χ3n) is 1.32. The molecule has 0 aromatic heterocycles. The molecular weight excluding hydrogens is 304 g/mol. The van der Waals surface area contributed by atoms with Crippen LogP contribution in [0.5, 0.6) is 0 Å². The summed E-state index contributed by atoms with van der Waals surface area (Å²) < 4.78 is 0. The summed E-state index contributed by atoms with van der Waals surface area (Å²) in [5, 5.41) is 0. The quantitative estimate of drug-likeness (QED) is 0.732. The summed E-state index contributed by atoms with van der Waals surface area (Å²) in [4.78, 5) is 0. The van der Waals surface area contributed by atoms with Gasteiger partial charge in [0, 0.05) is 21.1 Å². The average Bonchev–Trinajstić information content (AvgIpc) is 1.89. The van der Waals surface area contributed by atoms with Crippen LogP contribution in [0.25, 0.3) is 0 Å². The molecule has 0 unspecified atom stereocenters. The molecule has 0 saturated carbocycles. The van der Waals surface area contributed by atoms with E-state index in [1.807, 2.05) is 13.8 Å². The summed E-state index contributed by atoms with van der Waals surface area (Å²) in [5.74, 6) is 1.77. The molecule has 0 aromatic carbocycles. The van der Waals surface area contributed by atoms with Crippen molar-refractivity contribution in [2.45, 2.75) is 54.4 Å². The van der Waals surface area contributed by atoms with Crippen LogP contribution in [0.1, 0.15) is 54.4 Å². The van der Waals surface area contributed by atoms with E-state index in [9.17, 15) is 0 Å².